The molecule has 126 valence electrons. The zero-order valence-corrected chi connectivity index (χ0v) is 14.9. The Kier molecular flexibility index (Phi) is 2.23. The molecule has 0 fully saturated rings. The van der Waals surface area contributed by atoms with E-state index < -0.39 is 0 Å². The van der Waals surface area contributed by atoms with E-state index in [9.17, 15) is 0 Å². The van der Waals surface area contributed by atoms with E-state index in [1.807, 2.05) is 0 Å². The maximum Gasteiger partial charge on any atom is 0.0804 e. The van der Waals surface area contributed by atoms with Crippen molar-refractivity contribution in [3.05, 3.63) is 78.4 Å². The lowest BCUT2D eigenvalue weighted by Crippen LogP contribution is -1.84. The van der Waals surface area contributed by atoms with Crippen molar-refractivity contribution in [2.75, 3.05) is 0 Å². The summed E-state index contributed by atoms with van der Waals surface area (Å²) >= 11 is 0. The monoisotopic (exact) mass is 344 g/mol. The van der Waals surface area contributed by atoms with Crippen LogP contribution < -0.4 is 0 Å². The molecule has 27 heavy (non-hydrogen) atoms. The molecule has 1 N–H and O–H groups in total. The number of benzene rings is 4. The summed E-state index contributed by atoms with van der Waals surface area (Å²) < 4.78 is 2.46. The number of H-pyrrole nitrogens is 1. The Hall–Kier alpha value is -3.52. The molecule has 4 aromatic carbocycles. The fourth-order valence-corrected chi connectivity index (χ4v) is 5.00. The third kappa shape index (κ3) is 1.49. The van der Waals surface area contributed by atoms with Gasteiger partial charge in [-0.2, -0.15) is 0 Å². The average Bonchev–Trinajstić information content (AvgIpc) is 3.17. The van der Waals surface area contributed by atoms with Crippen LogP contribution in [0.25, 0.3) is 59.9 Å². The average molecular weight is 344 g/mol. The molecule has 0 amide bonds. The number of aromatic amines is 1. The van der Waals surface area contributed by atoms with Crippen LogP contribution in [0.4, 0.5) is 0 Å². The zero-order chi connectivity index (χ0) is 17.7. The normalized spacial score (nSPS) is 12.6. The van der Waals surface area contributed by atoms with E-state index in [0.717, 1.165) is 0 Å². The maximum atomic E-state index is 3.72. The van der Waals surface area contributed by atoms with E-state index in [0.29, 0.717) is 0 Å². The Bertz CT molecular complexity index is 1680. The summed E-state index contributed by atoms with van der Waals surface area (Å²) in [5.41, 5.74) is 7.56. The van der Waals surface area contributed by atoms with E-state index >= 15 is 0 Å². The van der Waals surface area contributed by atoms with E-state index in [1.54, 1.807) is 0 Å². The molecule has 0 unspecified atom stereocenters. The van der Waals surface area contributed by atoms with Crippen molar-refractivity contribution >= 4 is 59.9 Å². The minimum atomic E-state index is 1.21. The number of aromatic nitrogens is 2. The highest BCUT2D eigenvalue weighted by Gasteiger charge is 2.20. The highest BCUT2D eigenvalue weighted by atomic mass is 14.9. The van der Waals surface area contributed by atoms with Crippen molar-refractivity contribution in [3.63, 3.8) is 0 Å². The molecule has 0 aliphatic carbocycles. The predicted octanol–water partition coefficient (Wildman–Crippen LogP) is 6.78. The summed E-state index contributed by atoms with van der Waals surface area (Å²) in [4.78, 5) is 3.72. The lowest BCUT2D eigenvalue weighted by molar-refractivity contribution is 1.35. The second-order valence-corrected chi connectivity index (χ2v) is 7.61. The summed E-state index contributed by atoms with van der Waals surface area (Å²) in [5, 5.41) is 7.89. The van der Waals surface area contributed by atoms with Gasteiger partial charge in [0.2, 0.25) is 0 Å². The predicted molar refractivity (Wildman–Crippen MR) is 115 cm³/mol. The van der Waals surface area contributed by atoms with Crippen LogP contribution in [0, 0.1) is 6.92 Å². The molecule has 0 aliphatic heterocycles. The molecule has 2 heteroatoms. The molecule has 3 aromatic heterocycles. The van der Waals surface area contributed by atoms with Gasteiger partial charge in [-0.05, 0) is 41.5 Å². The van der Waals surface area contributed by atoms with Crippen molar-refractivity contribution in [1.29, 1.82) is 0 Å². The second kappa shape index (κ2) is 4.41. The van der Waals surface area contributed by atoms with Gasteiger partial charge in [0.05, 0.1) is 22.1 Å². The minimum Gasteiger partial charge on any atom is -0.353 e. The number of para-hydroxylation sites is 1. The maximum absolute atomic E-state index is 3.72. The van der Waals surface area contributed by atoms with Crippen molar-refractivity contribution < 1.29 is 0 Å². The first-order valence-electron chi connectivity index (χ1n) is 9.39. The number of fused-ring (bicyclic) bond motifs is 6. The van der Waals surface area contributed by atoms with Crippen molar-refractivity contribution in [2.24, 2.45) is 0 Å². The molecule has 0 saturated heterocycles. The van der Waals surface area contributed by atoms with Crippen LogP contribution in [0.1, 0.15) is 5.56 Å². The Labute approximate surface area is 155 Å². The van der Waals surface area contributed by atoms with Crippen molar-refractivity contribution in [2.45, 2.75) is 6.92 Å². The molecule has 7 aromatic rings. The number of nitrogens with one attached hydrogen (secondary N) is 1. The SMILES string of the molecule is Cc1ccc2c3[nH]c4ccc5cccc6c7ccccc7n(c2c1)c3c4c56. The van der Waals surface area contributed by atoms with Gasteiger partial charge in [0.1, 0.15) is 0 Å². The first-order valence-corrected chi connectivity index (χ1v) is 9.39. The number of hydrogen-bond donors (Lipinski definition) is 1. The van der Waals surface area contributed by atoms with Gasteiger partial charge in [0.25, 0.3) is 0 Å². The molecule has 7 rings (SSSR count). The topological polar surface area (TPSA) is 20.2 Å². The van der Waals surface area contributed by atoms with Crippen LogP contribution in [0.2, 0.25) is 0 Å². The van der Waals surface area contributed by atoms with Gasteiger partial charge in [-0.3, -0.25) is 0 Å². The molecule has 0 bridgehead atoms. The Balaban J connectivity index is 2.04. The molecule has 3 heterocycles. The van der Waals surface area contributed by atoms with E-state index in [2.05, 4.69) is 89.1 Å². The lowest BCUT2D eigenvalue weighted by atomic mass is 10.0. The van der Waals surface area contributed by atoms with Gasteiger partial charge in [-0.25, -0.2) is 0 Å². The Morgan fingerprint density at radius 3 is 2.56 bits per heavy atom. The van der Waals surface area contributed by atoms with E-state index in [4.69, 9.17) is 0 Å². The fourth-order valence-electron chi connectivity index (χ4n) is 5.00. The third-order valence-electron chi connectivity index (χ3n) is 6.10. The van der Waals surface area contributed by atoms with Crippen LogP contribution in [0.5, 0.6) is 0 Å². The zero-order valence-electron chi connectivity index (χ0n) is 14.9. The van der Waals surface area contributed by atoms with Crippen LogP contribution in [0.3, 0.4) is 0 Å². The van der Waals surface area contributed by atoms with Crippen LogP contribution in [-0.2, 0) is 0 Å². The van der Waals surface area contributed by atoms with Crippen LogP contribution in [0.15, 0.2) is 72.8 Å². The molecule has 0 radical (unpaired) electrons. The second-order valence-electron chi connectivity index (χ2n) is 7.61. The molecule has 0 aliphatic rings. The van der Waals surface area contributed by atoms with Crippen LogP contribution in [-0.4, -0.2) is 9.38 Å². The van der Waals surface area contributed by atoms with Gasteiger partial charge in [-0.1, -0.05) is 54.6 Å². The first kappa shape index (κ1) is 13.7. The Morgan fingerprint density at radius 1 is 0.704 bits per heavy atom. The molecule has 0 spiro atoms. The minimum absolute atomic E-state index is 1.21. The molecule has 0 atom stereocenters. The van der Waals surface area contributed by atoms with E-state index in [-0.39, 0.29) is 0 Å². The molecule has 0 saturated carbocycles. The standard InChI is InChI=1S/C25H16N2/c1-14-9-11-18-21(13-14)27-20-8-3-2-6-16(20)17-7-4-5-15-10-12-19-23(22(15)17)25(27)24(18)26-19/h2-13,26H,1H3. The summed E-state index contributed by atoms with van der Waals surface area (Å²) in [6.07, 6.45) is 0. The Morgan fingerprint density at radius 2 is 1.59 bits per heavy atom. The van der Waals surface area contributed by atoms with Gasteiger partial charge in [0.15, 0.2) is 0 Å². The van der Waals surface area contributed by atoms with Crippen molar-refractivity contribution in [3.8, 4) is 0 Å². The van der Waals surface area contributed by atoms with E-state index in [1.165, 1.54) is 65.5 Å². The lowest BCUT2D eigenvalue weighted by Gasteiger charge is -2.03. The third-order valence-corrected chi connectivity index (χ3v) is 6.10. The van der Waals surface area contributed by atoms with Gasteiger partial charge in [-0.15, -0.1) is 0 Å². The number of hydrogen-bond acceptors (Lipinski definition) is 0. The molecular formula is C25H16N2. The number of nitrogens with zero attached hydrogens (tertiary/aromatic N) is 1. The molecular weight excluding hydrogens is 328 g/mol. The number of rotatable bonds is 0. The summed E-state index contributed by atoms with van der Waals surface area (Å²) in [6, 6.07) is 26.7. The van der Waals surface area contributed by atoms with Gasteiger partial charge >= 0.3 is 0 Å². The molecule has 2 nitrogen and oxygen atoms in total. The highest BCUT2D eigenvalue weighted by Crippen LogP contribution is 2.42. The summed E-state index contributed by atoms with van der Waals surface area (Å²) in [7, 11) is 0. The van der Waals surface area contributed by atoms with Gasteiger partial charge < -0.3 is 9.38 Å². The summed E-state index contributed by atoms with van der Waals surface area (Å²) in [6.45, 7) is 2.17. The first-order chi connectivity index (χ1) is 13.3. The fraction of sp³-hybridized carbons (Fsp3) is 0.0400. The highest BCUT2D eigenvalue weighted by molar-refractivity contribution is 6.32. The van der Waals surface area contributed by atoms with Crippen LogP contribution >= 0.6 is 0 Å². The number of aryl methyl sites for hydroxylation is 1. The smallest absolute Gasteiger partial charge is 0.0804 e. The summed E-state index contributed by atoms with van der Waals surface area (Å²) in [5.74, 6) is 0. The van der Waals surface area contributed by atoms with Crippen molar-refractivity contribution in [1.82, 2.24) is 9.38 Å². The largest absolute Gasteiger partial charge is 0.353 e. The quantitative estimate of drug-likeness (QED) is 0.313. The van der Waals surface area contributed by atoms with Gasteiger partial charge in [0, 0.05) is 27.1 Å².